The van der Waals surface area contributed by atoms with Crippen molar-refractivity contribution >= 4 is 32.2 Å². The Morgan fingerprint density at radius 2 is 1.04 bits per heavy atom. The SMILES string of the molecule is CC1CCC(CC2CCC(N)C(C)C2)CC1C.CC1CCCC(N)C1.CCCC[Si](C)(C)O[Si](C)(C)CCCN.Cc1ccc(Oc2ccc(S(=O)(=O)c3ccc(Oc4ccc(N)cc4)cc3)cc2)cc1. The highest BCUT2D eigenvalue weighted by Crippen LogP contribution is 2.40. The normalized spacial score (nSPS) is 23.6. The van der Waals surface area contributed by atoms with Crippen molar-refractivity contribution in [3.8, 4) is 23.0 Å². The van der Waals surface area contributed by atoms with Crippen LogP contribution in [0.2, 0.25) is 38.3 Å². The molecule has 0 saturated heterocycles. The van der Waals surface area contributed by atoms with Gasteiger partial charge in [0.05, 0.1) is 9.79 Å². The fraction of sp³-hybridized carbons (Fsp3) is 0.593. The number of aryl methyl sites for hydroxylation is 1. The van der Waals surface area contributed by atoms with E-state index in [0.29, 0.717) is 40.8 Å². The van der Waals surface area contributed by atoms with Gasteiger partial charge in [0.1, 0.15) is 23.0 Å². The molecule has 3 saturated carbocycles. The van der Waals surface area contributed by atoms with Crippen LogP contribution in [0.4, 0.5) is 5.69 Å². The summed E-state index contributed by atoms with van der Waals surface area (Å²) in [6.45, 7) is 24.0. The van der Waals surface area contributed by atoms with Gasteiger partial charge in [-0.15, -0.1) is 0 Å². The lowest BCUT2D eigenvalue weighted by molar-refractivity contribution is 0.152. The van der Waals surface area contributed by atoms with E-state index in [9.17, 15) is 8.42 Å². The summed E-state index contributed by atoms with van der Waals surface area (Å²) in [4.78, 5) is 0.375. The van der Waals surface area contributed by atoms with Gasteiger partial charge in [0.15, 0.2) is 16.6 Å². The predicted octanol–water partition coefficient (Wildman–Crippen LogP) is 15.3. The number of sulfone groups is 1. The minimum Gasteiger partial charge on any atom is -0.457 e. The molecule has 7 rings (SSSR count). The zero-order chi connectivity index (χ0) is 52.2. The van der Waals surface area contributed by atoms with E-state index in [2.05, 4.69) is 60.8 Å². The Morgan fingerprint density at radius 1 is 0.577 bits per heavy atom. The highest BCUT2D eigenvalue weighted by atomic mass is 32.2. The van der Waals surface area contributed by atoms with Crippen LogP contribution in [-0.4, -0.2) is 43.7 Å². The van der Waals surface area contributed by atoms with Crippen LogP contribution in [0.1, 0.15) is 130 Å². The van der Waals surface area contributed by atoms with Crippen LogP contribution in [0.25, 0.3) is 0 Å². The smallest absolute Gasteiger partial charge is 0.206 e. The molecule has 0 bridgehead atoms. The van der Waals surface area contributed by atoms with Crippen LogP contribution in [0.15, 0.2) is 107 Å². The van der Waals surface area contributed by atoms with Crippen molar-refractivity contribution < 1.29 is 22.0 Å². The number of nitrogen functional groups attached to an aromatic ring is 1. The summed E-state index contributed by atoms with van der Waals surface area (Å²) in [7, 11) is -6.47. The van der Waals surface area contributed by atoms with Gasteiger partial charge >= 0.3 is 0 Å². The molecule has 4 aromatic rings. The van der Waals surface area contributed by atoms with E-state index in [0.717, 1.165) is 54.0 Å². The summed E-state index contributed by atoms with van der Waals surface area (Å²) in [5.41, 5.74) is 24.8. The van der Waals surface area contributed by atoms with Crippen LogP contribution in [-0.2, 0) is 14.0 Å². The van der Waals surface area contributed by atoms with Crippen molar-refractivity contribution in [2.75, 3.05) is 12.3 Å². The number of rotatable bonds is 16. The van der Waals surface area contributed by atoms with Crippen molar-refractivity contribution in [2.45, 2.75) is 192 Å². The van der Waals surface area contributed by atoms with Gasteiger partial charge in [0.2, 0.25) is 9.84 Å². The molecule has 0 aliphatic heterocycles. The molecule has 0 spiro atoms. The molecule has 8 atom stereocenters. The Bertz CT molecular complexity index is 2060. The zero-order valence-corrected chi connectivity index (χ0v) is 48.5. The van der Waals surface area contributed by atoms with Gasteiger partial charge in [-0.3, -0.25) is 0 Å². The molecule has 0 heterocycles. The number of nitrogens with two attached hydrogens (primary N) is 4. The van der Waals surface area contributed by atoms with Crippen LogP contribution < -0.4 is 32.4 Å². The van der Waals surface area contributed by atoms with Gasteiger partial charge in [-0.05, 0) is 224 Å². The predicted molar refractivity (Wildman–Crippen MR) is 305 cm³/mol. The first-order chi connectivity index (χ1) is 33.6. The molecule has 3 aliphatic rings. The van der Waals surface area contributed by atoms with E-state index < -0.39 is 26.5 Å². The van der Waals surface area contributed by atoms with E-state index in [1.807, 2.05) is 31.2 Å². The Labute approximate surface area is 434 Å². The van der Waals surface area contributed by atoms with Crippen LogP contribution >= 0.6 is 0 Å². The number of ether oxygens (including phenoxy) is 2. The first-order valence-electron chi connectivity index (χ1n) is 27.2. The van der Waals surface area contributed by atoms with E-state index >= 15 is 0 Å². The third kappa shape index (κ3) is 21.9. The molecule has 9 nitrogen and oxygen atoms in total. The van der Waals surface area contributed by atoms with E-state index in [1.165, 1.54) is 120 Å². The third-order valence-corrected chi connectivity index (χ3v) is 24.3. The molecule has 71 heavy (non-hydrogen) atoms. The first kappa shape index (κ1) is 60.1. The van der Waals surface area contributed by atoms with E-state index in [4.69, 9.17) is 36.5 Å². The second-order valence-corrected chi connectivity index (χ2v) is 33.7. The lowest BCUT2D eigenvalue weighted by Gasteiger charge is -2.37. The molecule has 4 aromatic carbocycles. The third-order valence-electron chi connectivity index (χ3n) is 15.0. The van der Waals surface area contributed by atoms with Gasteiger partial charge in [0.25, 0.3) is 0 Å². The maximum Gasteiger partial charge on any atom is 0.206 e. The monoisotopic (exact) mass is 1030 g/mol. The lowest BCUT2D eigenvalue weighted by Crippen LogP contribution is -2.44. The van der Waals surface area contributed by atoms with Gasteiger partial charge in [0, 0.05) is 17.8 Å². The minimum atomic E-state index is -3.66. The summed E-state index contributed by atoms with van der Waals surface area (Å²) < 4.78 is 43.8. The lowest BCUT2D eigenvalue weighted by atomic mass is 9.69. The van der Waals surface area contributed by atoms with Gasteiger partial charge in [-0.1, -0.05) is 90.8 Å². The number of anilines is 1. The van der Waals surface area contributed by atoms with Gasteiger partial charge < -0.3 is 36.5 Å². The van der Waals surface area contributed by atoms with Crippen molar-refractivity contribution in [2.24, 2.45) is 52.7 Å². The molecule has 8 N–H and O–H groups in total. The molecule has 0 amide bonds. The Balaban J connectivity index is 0.000000231. The Morgan fingerprint density at radius 3 is 1.48 bits per heavy atom. The molecular weight excluding hydrogens is 933 g/mol. The quantitative estimate of drug-likeness (QED) is 0.0631. The Hall–Kier alpha value is -3.50. The summed E-state index contributed by atoms with van der Waals surface area (Å²) in [6, 6.07) is 30.8. The second kappa shape index (κ2) is 29.4. The summed E-state index contributed by atoms with van der Waals surface area (Å²) in [5.74, 6) is 7.98. The molecule has 396 valence electrons. The maximum atomic E-state index is 13.0. The average molecular weight is 1030 g/mol. The Kier molecular flexibility index (Phi) is 24.9. The van der Waals surface area contributed by atoms with E-state index in [1.54, 1.807) is 48.5 Å². The molecule has 12 heteroatoms. The number of unbranched alkanes of at least 4 members (excludes halogenated alkanes) is 1. The summed E-state index contributed by atoms with van der Waals surface area (Å²) in [6.07, 6.45) is 19.0. The number of benzene rings is 4. The maximum absolute atomic E-state index is 13.0. The van der Waals surface area contributed by atoms with Gasteiger partial charge in [-0.25, -0.2) is 8.42 Å². The van der Waals surface area contributed by atoms with Crippen LogP contribution in [0.5, 0.6) is 23.0 Å². The summed E-state index contributed by atoms with van der Waals surface area (Å²) in [5, 5.41) is 0. The zero-order valence-electron chi connectivity index (χ0n) is 45.6. The van der Waals surface area contributed by atoms with Crippen molar-refractivity contribution in [1.82, 2.24) is 0 Å². The fourth-order valence-corrected chi connectivity index (χ4v) is 20.8. The van der Waals surface area contributed by atoms with Crippen molar-refractivity contribution in [3.63, 3.8) is 0 Å². The van der Waals surface area contributed by atoms with Crippen molar-refractivity contribution in [3.05, 3.63) is 103 Å². The highest BCUT2D eigenvalue weighted by Gasteiger charge is 2.32. The fourth-order valence-electron chi connectivity index (χ4n) is 10.5. The van der Waals surface area contributed by atoms with Crippen molar-refractivity contribution in [1.29, 1.82) is 0 Å². The van der Waals surface area contributed by atoms with Crippen LogP contribution in [0.3, 0.4) is 0 Å². The van der Waals surface area contributed by atoms with E-state index in [-0.39, 0.29) is 9.79 Å². The molecule has 3 aliphatic carbocycles. The molecule has 8 unspecified atom stereocenters. The van der Waals surface area contributed by atoms with Crippen LogP contribution in [0, 0.1) is 42.4 Å². The highest BCUT2D eigenvalue weighted by molar-refractivity contribution is 7.91. The molecule has 0 aromatic heterocycles. The number of hydrogen-bond donors (Lipinski definition) is 4. The second-order valence-electron chi connectivity index (χ2n) is 22.9. The standard InChI is InChI=1S/C25H21NO4S.C16H31N.C11H29NOSi2.C7H15N/c1-18-2-6-20(7-3-18)29-22-10-14-24(15-11-22)31(27,28)25-16-12-23(13-17-25)30-21-8-4-19(26)5-9-21;1-11-4-5-14(8-12(11)2)10-15-6-7-16(17)13(3)9-15;1-6-7-10-14(2,3)13-15(4,5)11-8-9-12;1-6-3-2-4-7(8)5-6/h2-17H,26H2,1H3;11-16H,4-10,17H2,1-3H3;6-12H2,1-5H3;6-7H,2-5,8H2,1H3. The average Bonchev–Trinajstić information content (AvgIpc) is 3.32. The first-order valence-corrected chi connectivity index (χ1v) is 34.9. The number of hydrogen-bond acceptors (Lipinski definition) is 9. The molecule has 3 fully saturated rings. The molecule has 0 radical (unpaired) electrons. The molecular formula is C59H96N4O5SSi2. The topological polar surface area (TPSA) is 166 Å². The minimum absolute atomic E-state index is 0.185. The summed E-state index contributed by atoms with van der Waals surface area (Å²) >= 11 is 0. The largest absolute Gasteiger partial charge is 0.457 e. The van der Waals surface area contributed by atoms with Gasteiger partial charge in [-0.2, -0.15) is 0 Å².